The van der Waals surface area contributed by atoms with Gasteiger partial charge in [-0.3, -0.25) is 14.7 Å². The number of carbonyl (C=O) groups excluding carboxylic acids is 1. The van der Waals surface area contributed by atoms with E-state index in [-0.39, 0.29) is 11.3 Å². The molecule has 0 atom stereocenters. The Morgan fingerprint density at radius 2 is 1.82 bits per heavy atom. The van der Waals surface area contributed by atoms with Gasteiger partial charge in [0.15, 0.2) is 5.43 Å². The number of benzene rings is 2. The molecule has 0 bridgehead atoms. The molecule has 138 valence electrons. The molecule has 2 aromatic heterocycles. The fraction of sp³-hybridized carbons (Fsp3) is 0.136. The standard InChI is InChI=1S/C22H18N4O2/c27-20-12-19(23-17-9-5-4-8-15(17)20)22(28)26-11-10-18-16(13-26)21(25-24-18)14-6-2-1-3-7-14/h1-9,12H,10-11,13H2,(H,23,27)(H,24,25). The van der Waals surface area contributed by atoms with Crippen molar-refractivity contribution in [2.45, 2.75) is 13.0 Å². The molecule has 4 aromatic rings. The van der Waals surface area contributed by atoms with Gasteiger partial charge >= 0.3 is 0 Å². The first-order chi connectivity index (χ1) is 13.7. The van der Waals surface area contributed by atoms with Gasteiger partial charge in [0.2, 0.25) is 0 Å². The van der Waals surface area contributed by atoms with Crippen molar-refractivity contribution < 1.29 is 4.79 Å². The topological polar surface area (TPSA) is 81.9 Å². The third-order valence-corrected chi connectivity index (χ3v) is 5.24. The smallest absolute Gasteiger partial charge is 0.270 e. The molecule has 2 N–H and O–H groups in total. The van der Waals surface area contributed by atoms with E-state index in [9.17, 15) is 9.59 Å². The summed E-state index contributed by atoms with van der Waals surface area (Å²) < 4.78 is 0. The lowest BCUT2D eigenvalue weighted by Crippen LogP contribution is -2.36. The van der Waals surface area contributed by atoms with Crippen molar-refractivity contribution in [3.63, 3.8) is 0 Å². The number of aromatic nitrogens is 3. The second kappa shape index (κ2) is 6.49. The summed E-state index contributed by atoms with van der Waals surface area (Å²) in [6, 6.07) is 18.6. The first kappa shape index (κ1) is 16.5. The van der Waals surface area contributed by atoms with Crippen LogP contribution in [0.25, 0.3) is 22.2 Å². The van der Waals surface area contributed by atoms with E-state index < -0.39 is 0 Å². The van der Waals surface area contributed by atoms with Crippen LogP contribution in [0.15, 0.2) is 65.5 Å². The van der Waals surface area contributed by atoms with Gasteiger partial charge in [-0.2, -0.15) is 5.10 Å². The SMILES string of the molecule is O=C(c1cc(=O)c2ccccc2[nH]1)N1CCc2[nH]nc(-c3ccccc3)c2C1. The highest BCUT2D eigenvalue weighted by molar-refractivity contribution is 5.95. The van der Waals surface area contributed by atoms with Gasteiger partial charge in [-0.1, -0.05) is 42.5 Å². The second-order valence-corrected chi connectivity index (χ2v) is 6.96. The van der Waals surface area contributed by atoms with Crippen molar-refractivity contribution in [3.8, 4) is 11.3 Å². The number of nitrogens with one attached hydrogen (secondary N) is 2. The first-order valence-electron chi connectivity index (χ1n) is 9.23. The number of aromatic amines is 2. The van der Waals surface area contributed by atoms with Gasteiger partial charge < -0.3 is 9.88 Å². The molecule has 0 radical (unpaired) electrons. The Morgan fingerprint density at radius 3 is 2.68 bits per heavy atom. The zero-order valence-corrected chi connectivity index (χ0v) is 15.1. The summed E-state index contributed by atoms with van der Waals surface area (Å²) in [5, 5.41) is 8.16. The number of rotatable bonds is 2. The van der Waals surface area contributed by atoms with Gasteiger partial charge in [0.05, 0.1) is 12.2 Å². The van der Waals surface area contributed by atoms with Crippen LogP contribution in [0.2, 0.25) is 0 Å². The van der Waals surface area contributed by atoms with Gasteiger partial charge in [0.25, 0.3) is 5.91 Å². The number of nitrogens with zero attached hydrogens (tertiary/aromatic N) is 2. The second-order valence-electron chi connectivity index (χ2n) is 6.96. The summed E-state index contributed by atoms with van der Waals surface area (Å²) in [6.45, 7) is 1.04. The minimum Gasteiger partial charge on any atom is -0.350 e. The van der Waals surface area contributed by atoms with Crippen LogP contribution >= 0.6 is 0 Å². The third kappa shape index (κ3) is 2.70. The van der Waals surface area contributed by atoms with Crippen LogP contribution in [-0.4, -0.2) is 32.5 Å². The lowest BCUT2D eigenvalue weighted by atomic mass is 10.0. The van der Waals surface area contributed by atoms with Crippen molar-refractivity contribution in [1.82, 2.24) is 20.1 Å². The summed E-state index contributed by atoms with van der Waals surface area (Å²) in [5.41, 5.74) is 4.84. The molecule has 1 aliphatic heterocycles. The lowest BCUT2D eigenvalue weighted by Gasteiger charge is -2.27. The molecule has 3 heterocycles. The quantitative estimate of drug-likeness (QED) is 0.569. The van der Waals surface area contributed by atoms with E-state index in [0.29, 0.717) is 36.1 Å². The van der Waals surface area contributed by atoms with Gasteiger partial charge in [0, 0.05) is 46.8 Å². The highest BCUT2D eigenvalue weighted by Gasteiger charge is 2.27. The summed E-state index contributed by atoms with van der Waals surface area (Å²) in [4.78, 5) is 30.4. The molecule has 0 spiro atoms. The van der Waals surface area contributed by atoms with Crippen LogP contribution in [0.3, 0.4) is 0 Å². The number of H-pyrrole nitrogens is 2. The van der Waals surface area contributed by atoms with E-state index in [1.165, 1.54) is 6.07 Å². The predicted molar refractivity (Wildman–Crippen MR) is 107 cm³/mol. The number of carbonyl (C=O) groups is 1. The largest absolute Gasteiger partial charge is 0.350 e. The fourth-order valence-corrected chi connectivity index (χ4v) is 3.79. The molecule has 0 fully saturated rings. The Hall–Kier alpha value is -3.67. The fourth-order valence-electron chi connectivity index (χ4n) is 3.79. The molecule has 0 unspecified atom stereocenters. The molecular weight excluding hydrogens is 352 g/mol. The number of hydrogen-bond acceptors (Lipinski definition) is 3. The number of para-hydroxylation sites is 1. The van der Waals surface area contributed by atoms with Crippen molar-refractivity contribution >= 4 is 16.8 Å². The Morgan fingerprint density at radius 1 is 1.04 bits per heavy atom. The zero-order chi connectivity index (χ0) is 19.1. The first-order valence-corrected chi connectivity index (χ1v) is 9.23. The maximum Gasteiger partial charge on any atom is 0.270 e. The van der Waals surface area contributed by atoms with Gasteiger partial charge in [-0.25, -0.2) is 0 Å². The summed E-state index contributed by atoms with van der Waals surface area (Å²) in [7, 11) is 0. The van der Waals surface area contributed by atoms with Crippen LogP contribution in [-0.2, 0) is 13.0 Å². The van der Waals surface area contributed by atoms with Gasteiger partial charge in [-0.15, -0.1) is 0 Å². The molecule has 5 rings (SSSR count). The number of pyridine rings is 1. The Balaban J connectivity index is 1.49. The van der Waals surface area contributed by atoms with Crippen molar-refractivity contribution in [2.24, 2.45) is 0 Å². The minimum absolute atomic E-state index is 0.149. The molecule has 28 heavy (non-hydrogen) atoms. The van der Waals surface area contributed by atoms with E-state index >= 15 is 0 Å². The van der Waals surface area contributed by atoms with E-state index in [4.69, 9.17) is 0 Å². The van der Waals surface area contributed by atoms with E-state index in [2.05, 4.69) is 15.2 Å². The molecule has 6 heteroatoms. The molecule has 1 aliphatic rings. The number of fused-ring (bicyclic) bond motifs is 2. The molecule has 0 aliphatic carbocycles. The summed E-state index contributed by atoms with van der Waals surface area (Å²) >= 11 is 0. The summed E-state index contributed by atoms with van der Waals surface area (Å²) in [5.74, 6) is -0.172. The maximum atomic E-state index is 13.1. The normalized spacial score (nSPS) is 13.5. The average molecular weight is 370 g/mol. The van der Waals surface area contributed by atoms with Crippen LogP contribution < -0.4 is 5.43 Å². The maximum absolute atomic E-state index is 13.1. The Kier molecular flexibility index (Phi) is 3.83. The van der Waals surface area contributed by atoms with Crippen molar-refractivity contribution in [2.75, 3.05) is 6.54 Å². The zero-order valence-electron chi connectivity index (χ0n) is 15.1. The van der Waals surface area contributed by atoms with Gasteiger partial charge in [-0.05, 0) is 12.1 Å². The Bertz CT molecular complexity index is 1240. The van der Waals surface area contributed by atoms with Gasteiger partial charge in [0.1, 0.15) is 5.69 Å². The number of amides is 1. The monoisotopic (exact) mass is 370 g/mol. The predicted octanol–water partition coefficient (Wildman–Crippen LogP) is 3.12. The molecular formula is C22H18N4O2. The van der Waals surface area contributed by atoms with Crippen LogP contribution in [0, 0.1) is 0 Å². The number of hydrogen-bond donors (Lipinski definition) is 2. The molecule has 2 aromatic carbocycles. The van der Waals surface area contributed by atoms with E-state index in [0.717, 1.165) is 22.5 Å². The molecule has 0 saturated carbocycles. The van der Waals surface area contributed by atoms with Crippen LogP contribution in [0.1, 0.15) is 21.7 Å². The average Bonchev–Trinajstić information content (AvgIpc) is 3.17. The Labute approximate surface area is 160 Å². The molecule has 1 amide bonds. The van der Waals surface area contributed by atoms with Crippen molar-refractivity contribution in [1.29, 1.82) is 0 Å². The molecule has 6 nitrogen and oxygen atoms in total. The van der Waals surface area contributed by atoms with Crippen LogP contribution in [0.4, 0.5) is 0 Å². The summed E-state index contributed by atoms with van der Waals surface area (Å²) in [6.07, 6.45) is 0.707. The molecule has 0 saturated heterocycles. The van der Waals surface area contributed by atoms with Crippen LogP contribution in [0.5, 0.6) is 0 Å². The highest BCUT2D eigenvalue weighted by Crippen LogP contribution is 2.28. The third-order valence-electron chi connectivity index (χ3n) is 5.24. The highest BCUT2D eigenvalue weighted by atomic mass is 16.2. The van der Waals surface area contributed by atoms with Crippen molar-refractivity contribution in [3.05, 3.63) is 87.8 Å². The van der Waals surface area contributed by atoms with E-state index in [1.807, 2.05) is 48.5 Å². The minimum atomic E-state index is -0.172. The lowest BCUT2D eigenvalue weighted by molar-refractivity contribution is 0.0729. The van der Waals surface area contributed by atoms with E-state index in [1.54, 1.807) is 11.0 Å².